The molecule has 2 aromatic rings. The smallest absolute Gasteiger partial charge is 0.0512 e. The number of hydrogen-bond donors (Lipinski definition) is 1. The highest BCUT2D eigenvalue weighted by molar-refractivity contribution is 5.72. The van der Waals surface area contributed by atoms with Crippen LogP contribution in [0.2, 0.25) is 0 Å². The van der Waals surface area contributed by atoms with Crippen molar-refractivity contribution in [2.75, 3.05) is 24.5 Å². The summed E-state index contributed by atoms with van der Waals surface area (Å²) in [5, 5.41) is 9.50. The summed E-state index contributed by atoms with van der Waals surface area (Å²) >= 11 is 0. The van der Waals surface area contributed by atoms with Gasteiger partial charge in [-0.2, -0.15) is 0 Å². The van der Waals surface area contributed by atoms with Crippen molar-refractivity contribution < 1.29 is 5.11 Å². The van der Waals surface area contributed by atoms with Crippen molar-refractivity contribution in [3.05, 3.63) is 60.2 Å². The number of hydrogen-bond acceptors (Lipinski definition) is 3. The van der Waals surface area contributed by atoms with E-state index in [0.29, 0.717) is 12.0 Å². The summed E-state index contributed by atoms with van der Waals surface area (Å²) in [4.78, 5) is 5.15. The fourth-order valence-corrected chi connectivity index (χ4v) is 4.55. The van der Waals surface area contributed by atoms with E-state index in [-0.39, 0.29) is 6.10 Å². The number of para-hydroxylation sites is 2. The maximum Gasteiger partial charge on any atom is 0.0512 e. The van der Waals surface area contributed by atoms with Crippen molar-refractivity contribution in [2.24, 2.45) is 0 Å². The highest BCUT2D eigenvalue weighted by atomic mass is 16.3. The Morgan fingerprint density at radius 2 is 1.84 bits per heavy atom. The maximum atomic E-state index is 9.50. The minimum Gasteiger partial charge on any atom is -0.393 e. The average Bonchev–Trinajstić information content (AvgIpc) is 2.96. The standard InChI is InChI=1S/C22H28N2O/c1-17(25)8-7-14-23-15-13-22-20(16-23)19-11-5-6-12-21(19)24(22)18-9-3-2-4-10-18/h2-6,9-12,17,20,22,25H,7-8,13-16H2,1H3/t17?,20-,22+/m0/s1. The Labute approximate surface area is 150 Å². The zero-order valence-corrected chi connectivity index (χ0v) is 15.0. The van der Waals surface area contributed by atoms with Gasteiger partial charge in [-0.15, -0.1) is 0 Å². The molecule has 3 nitrogen and oxygen atoms in total. The molecule has 3 atom stereocenters. The van der Waals surface area contributed by atoms with Crippen molar-refractivity contribution >= 4 is 11.4 Å². The molecule has 1 saturated heterocycles. The van der Waals surface area contributed by atoms with Gasteiger partial charge in [-0.25, -0.2) is 0 Å². The Kier molecular flexibility index (Phi) is 4.78. The van der Waals surface area contributed by atoms with E-state index in [4.69, 9.17) is 0 Å². The first-order valence-electron chi connectivity index (χ1n) is 9.57. The van der Waals surface area contributed by atoms with Crippen LogP contribution in [-0.4, -0.2) is 41.8 Å². The third-order valence-electron chi connectivity index (χ3n) is 5.72. The van der Waals surface area contributed by atoms with Gasteiger partial charge in [-0.05, 0) is 56.5 Å². The van der Waals surface area contributed by atoms with Crippen LogP contribution >= 0.6 is 0 Å². The number of anilines is 2. The molecule has 1 unspecified atom stereocenters. The Bertz CT molecular complexity index is 700. The molecule has 2 aromatic carbocycles. The summed E-state index contributed by atoms with van der Waals surface area (Å²) in [5.74, 6) is 0.580. The minimum atomic E-state index is -0.182. The zero-order chi connectivity index (χ0) is 17.2. The molecular formula is C22H28N2O. The summed E-state index contributed by atoms with van der Waals surface area (Å²) in [6.07, 6.45) is 3.00. The molecule has 2 aliphatic heterocycles. The van der Waals surface area contributed by atoms with E-state index in [2.05, 4.69) is 64.4 Å². The lowest BCUT2D eigenvalue weighted by atomic mass is 9.89. The van der Waals surface area contributed by atoms with E-state index in [1.807, 2.05) is 6.92 Å². The molecule has 0 aromatic heterocycles. The zero-order valence-electron chi connectivity index (χ0n) is 15.0. The second-order valence-electron chi connectivity index (χ2n) is 7.52. The predicted octanol–water partition coefficient (Wildman–Crippen LogP) is 4.16. The molecule has 0 radical (unpaired) electrons. The summed E-state index contributed by atoms with van der Waals surface area (Å²) in [6, 6.07) is 20.3. The largest absolute Gasteiger partial charge is 0.393 e. The van der Waals surface area contributed by atoms with Crippen LogP contribution in [0.4, 0.5) is 11.4 Å². The van der Waals surface area contributed by atoms with E-state index < -0.39 is 0 Å². The van der Waals surface area contributed by atoms with Gasteiger partial charge in [0.1, 0.15) is 0 Å². The van der Waals surface area contributed by atoms with Gasteiger partial charge in [0, 0.05) is 36.4 Å². The van der Waals surface area contributed by atoms with Crippen molar-refractivity contribution in [3.63, 3.8) is 0 Å². The lowest BCUT2D eigenvalue weighted by Gasteiger charge is -2.39. The molecule has 3 heteroatoms. The van der Waals surface area contributed by atoms with Crippen LogP contribution in [0.3, 0.4) is 0 Å². The molecule has 0 saturated carbocycles. The number of nitrogens with zero attached hydrogens (tertiary/aromatic N) is 2. The topological polar surface area (TPSA) is 26.7 Å². The van der Waals surface area contributed by atoms with Crippen LogP contribution in [0.25, 0.3) is 0 Å². The summed E-state index contributed by atoms with van der Waals surface area (Å²) < 4.78 is 0. The van der Waals surface area contributed by atoms with E-state index in [0.717, 1.165) is 32.5 Å². The maximum absolute atomic E-state index is 9.50. The van der Waals surface area contributed by atoms with Gasteiger partial charge in [0.2, 0.25) is 0 Å². The third kappa shape index (κ3) is 3.31. The number of aliphatic hydroxyl groups excluding tert-OH is 1. The summed E-state index contributed by atoms with van der Waals surface area (Å²) in [6.45, 7) is 5.27. The van der Waals surface area contributed by atoms with Crippen LogP contribution in [0.15, 0.2) is 54.6 Å². The van der Waals surface area contributed by atoms with E-state index in [9.17, 15) is 5.11 Å². The Morgan fingerprint density at radius 3 is 2.64 bits per heavy atom. The second kappa shape index (κ2) is 7.19. The molecule has 2 heterocycles. The minimum absolute atomic E-state index is 0.182. The second-order valence-corrected chi connectivity index (χ2v) is 7.52. The Balaban J connectivity index is 1.56. The summed E-state index contributed by atoms with van der Waals surface area (Å²) in [7, 11) is 0. The number of likely N-dealkylation sites (tertiary alicyclic amines) is 1. The molecule has 0 spiro atoms. The van der Waals surface area contributed by atoms with Gasteiger partial charge in [0.25, 0.3) is 0 Å². The molecule has 25 heavy (non-hydrogen) atoms. The highest BCUT2D eigenvalue weighted by Crippen LogP contribution is 2.48. The number of benzene rings is 2. The van der Waals surface area contributed by atoms with Gasteiger partial charge in [0.15, 0.2) is 0 Å². The number of aliphatic hydroxyl groups is 1. The first-order chi connectivity index (χ1) is 12.2. The van der Waals surface area contributed by atoms with Crippen LogP contribution in [0.5, 0.6) is 0 Å². The van der Waals surface area contributed by atoms with Gasteiger partial charge in [0.05, 0.1) is 6.10 Å². The fraction of sp³-hybridized carbons (Fsp3) is 0.455. The first kappa shape index (κ1) is 16.6. The number of piperidine rings is 1. The molecule has 0 bridgehead atoms. The van der Waals surface area contributed by atoms with Gasteiger partial charge in [-0.1, -0.05) is 36.4 Å². The number of rotatable bonds is 5. The molecule has 132 valence electrons. The third-order valence-corrected chi connectivity index (χ3v) is 5.72. The Hall–Kier alpha value is -1.84. The van der Waals surface area contributed by atoms with Crippen molar-refractivity contribution in [3.8, 4) is 0 Å². The van der Waals surface area contributed by atoms with Crippen molar-refractivity contribution in [1.82, 2.24) is 4.90 Å². The average molecular weight is 336 g/mol. The lowest BCUT2D eigenvalue weighted by Crippen LogP contribution is -2.45. The van der Waals surface area contributed by atoms with Crippen LogP contribution < -0.4 is 4.90 Å². The van der Waals surface area contributed by atoms with Crippen LogP contribution in [0.1, 0.15) is 37.7 Å². The van der Waals surface area contributed by atoms with Crippen molar-refractivity contribution in [1.29, 1.82) is 0 Å². The van der Waals surface area contributed by atoms with Crippen LogP contribution in [-0.2, 0) is 0 Å². The van der Waals surface area contributed by atoms with E-state index in [1.165, 1.54) is 23.4 Å². The van der Waals surface area contributed by atoms with Crippen molar-refractivity contribution in [2.45, 2.75) is 44.2 Å². The first-order valence-corrected chi connectivity index (χ1v) is 9.57. The fourth-order valence-electron chi connectivity index (χ4n) is 4.55. The highest BCUT2D eigenvalue weighted by Gasteiger charge is 2.42. The molecule has 1 N–H and O–H groups in total. The molecule has 0 aliphatic carbocycles. The molecule has 2 aliphatic rings. The lowest BCUT2D eigenvalue weighted by molar-refractivity contribution is 0.156. The van der Waals surface area contributed by atoms with Crippen LogP contribution in [0, 0.1) is 0 Å². The number of fused-ring (bicyclic) bond motifs is 3. The van der Waals surface area contributed by atoms with E-state index in [1.54, 1.807) is 0 Å². The summed E-state index contributed by atoms with van der Waals surface area (Å²) in [5.41, 5.74) is 4.19. The molecule has 1 fully saturated rings. The van der Waals surface area contributed by atoms with Gasteiger partial charge >= 0.3 is 0 Å². The van der Waals surface area contributed by atoms with Gasteiger partial charge in [-0.3, -0.25) is 0 Å². The van der Waals surface area contributed by atoms with Gasteiger partial charge < -0.3 is 14.9 Å². The monoisotopic (exact) mass is 336 g/mol. The molecular weight excluding hydrogens is 308 g/mol. The normalized spacial score (nSPS) is 24.0. The predicted molar refractivity (Wildman–Crippen MR) is 104 cm³/mol. The molecule has 0 amide bonds. The Morgan fingerprint density at radius 1 is 1.08 bits per heavy atom. The SMILES string of the molecule is CC(O)CCCN1CC[C@@H]2[C@@H](C1)c1ccccc1N2c1ccccc1. The molecule has 4 rings (SSSR count). The quantitative estimate of drug-likeness (QED) is 0.888. The van der Waals surface area contributed by atoms with E-state index >= 15 is 0 Å².